The quantitative estimate of drug-likeness (QED) is 0.784. The number of piperidine rings is 1. The van der Waals surface area contributed by atoms with Crippen LogP contribution in [0.5, 0.6) is 0 Å². The highest BCUT2D eigenvalue weighted by Gasteiger charge is 2.25. The number of aromatic nitrogens is 3. The summed E-state index contributed by atoms with van der Waals surface area (Å²) in [5.74, 6) is 1.99. The van der Waals surface area contributed by atoms with Gasteiger partial charge < -0.3 is 9.47 Å². The van der Waals surface area contributed by atoms with Gasteiger partial charge in [-0.15, -0.1) is 10.2 Å². The van der Waals surface area contributed by atoms with Gasteiger partial charge in [0.25, 0.3) is 0 Å². The third-order valence-corrected chi connectivity index (χ3v) is 5.49. The number of hydrogen-bond acceptors (Lipinski definition) is 4. The van der Waals surface area contributed by atoms with Crippen LogP contribution in [0.15, 0.2) is 29.4 Å². The van der Waals surface area contributed by atoms with E-state index in [1.165, 1.54) is 30.3 Å². The van der Waals surface area contributed by atoms with Crippen molar-refractivity contribution in [2.45, 2.75) is 25.4 Å². The summed E-state index contributed by atoms with van der Waals surface area (Å²) in [7, 11) is 1.86. The molecule has 25 heavy (non-hydrogen) atoms. The van der Waals surface area contributed by atoms with Gasteiger partial charge in [-0.25, -0.2) is 4.39 Å². The predicted octanol–water partition coefficient (Wildman–Crippen LogP) is 3.22. The third-order valence-electron chi connectivity index (χ3n) is 4.48. The maximum absolute atomic E-state index is 13.1. The molecule has 7 heteroatoms. The van der Waals surface area contributed by atoms with E-state index in [1.54, 1.807) is 12.1 Å². The van der Waals surface area contributed by atoms with Crippen molar-refractivity contribution < 1.29 is 9.18 Å². The normalized spacial score (nSPS) is 20.7. The number of likely N-dealkylation sites (tertiary alicyclic amines) is 1. The van der Waals surface area contributed by atoms with E-state index in [4.69, 9.17) is 0 Å². The minimum atomic E-state index is -0.281. The van der Waals surface area contributed by atoms with Crippen LogP contribution >= 0.6 is 11.8 Å². The van der Waals surface area contributed by atoms with Crippen molar-refractivity contribution in [1.82, 2.24) is 19.7 Å². The molecule has 1 saturated heterocycles. The highest BCUT2D eigenvalue weighted by Crippen LogP contribution is 2.25. The van der Waals surface area contributed by atoms with Crippen LogP contribution in [0.25, 0.3) is 11.4 Å². The second kappa shape index (κ2) is 7.56. The van der Waals surface area contributed by atoms with Gasteiger partial charge in [0.05, 0.1) is 5.75 Å². The van der Waals surface area contributed by atoms with Crippen LogP contribution in [0, 0.1) is 17.7 Å². The number of thioether (sulfide) groups is 1. The second-order valence-electron chi connectivity index (χ2n) is 6.91. The molecule has 2 heterocycles. The van der Waals surface area contributed by atoms with Crippen molar-refractivity contribution in [1.29, 1.82) is 0 Å². The zero-order valence-corrected chi connectivity index (χ0v) is 15.6. The molecule has 0 saturated carbocycles. The Bertz CT molecular complexity index is 736. The number of halogens is 1. The van der Waals surface area contributed by atoms with Gasteiger partial charge in [-0.2, -0.15) is 0 Å². The van der Waals surface area contributed by atoms with Crippen molar-refractivity contribution in [3.8, 4) is 11.4 Å². The maximum Gasteiger partial charge on any atom is 0.233 e. The van der Waals surface area contributed by atoms with Crippen LogP contribution in [0.3, 0.4) is 0 Å². The minimum Gasteiger partial charge on any atom is -0.341 e. The van der Waals surface area contributed by atoms with Crippen molar-refractivity contribution in [3.63, 3.8) is 0 Å². The Balaban J connectivity index is 1.64. The van der Waals surface area contributed by atoms with Crippen LogP contribution in [0.2, 0.25) is 0 Å². The van der Waals surface area contributed by atoms with E-state index in [-0.39, 0.29) is 11.7 Å². The molecule has 0 radical (unpaired) electrons. The van der Waals surface area contributed by atoms with E-state index in [0.29, 0.717) is 28.6 Å². The molecule has 1 amide bonds. The minimum absolute atomic E-state index is 0.148. The topological polar surface area (TPSA) is 51.0 Å². The monoisotopic (exact) mass is 362 g/mol. The van der Waals surface area contributed by atoms with E-state index >= 15 is 0 Å². The smallest absolute Gasteiger partial charge is 0.233 e. The lowest BCUT2D eigenvalue weighted by molar-refractivity contribution is -0.130. The average molecular weight is 362 g/mol. The van der Waals surface area contributed by atoms with Crippen LogP contribution in [0.4, 0.5) is 4.39 Å². The molecule has 0 unspecified atom stereocenters. The fraction of sp³-hybridized carbons (Fsp3) is 0.500. The highest BCUT2D eigenvalue weighted by molar-refractivity contribution is 7.99. The summed E-state index contributed by atoms with van der Waals surface area (Å²) >= 11 is 1.39. The Kier molecular flexibility index (Phi) is 5.42. The summed E-state index contributed by atoms with van der Waals surface area (Å²) in [6.45, 7) is 6.06. The van der Waals surface area contributed by atoms with E-state index in [2.05, 4.69) is 24.0 Å². The molecule has 1 aliphatic rings. The molecule has 1 aliphatic heterocycles. The van der Waals surface area contributed by atoms with Gasteiger partial charge in [-0.3, -0.25) is 4.79 Å². The van der Waals surface area contributed by atoms with Crippen LogP contribution in [0.1, 0.15) is 20.3 Å². The molecule has 2 atom stereocenters. The number of amides is 1. The van der Waals surface area contributed by atoms with Crippen LogP contribution in [-0.2, 0) is 11.8 Å². The van der Waals surface area contributed by atoms with Crippen molar-refractivity contribution in [2.24, 2.45) is 18.9 Å². The van der Waals surface area contributed by atoms with Crippen molar-refractivity contribution >= 4 is 17.7 Å². The maximum atomic E-state index is 13.1. The molecule has 1 fully saturated rings. The molecule has 5 nitrogen and oxygen atoms in total. The Morgan fingerprint density at radius 3 is 2.48 bits per heavy atom. The zero-order chi connectivity index (χ0) is 18.0. The molecule has 0 aliphatic carbocycles. The highest BCUT2D eigenvalue weighted by atomic mass is 32.2. The zero-order valence-electron chi connectivity index (χ0n) is 14.8. The van der Waals surface area contributed by atoms with Gasteiger partial charge >= 0.3 is 0 Å². The number of rotatable bonds is 4. The third kappa shape index (κ3) is 4.21. The Morgan fingerprint density at radius 1 is 1.20 bits per heavy atom. The lowest BCUT2D eigenvalue weighted by Crippen LogP contribution is -2.43. The van der Waals surface area contributed by atoms with E-state index in [1.807, 2.05) is 16.5 Å². The first-order valence-electron chi connectivity index (χ1n) is 8.50. The van der Waals surface area contributed by atoms with Gasteiger partial charge in [0, 0.05) is 25.7 Å². The van der Waals surface area contributed by atoms with Gasteiger partial charge in [0.1, 0.15) is 5.82 Å². The summed E-state index contributed by atoms with van der Waals surface area (Å²) < 4.78 is 14.9. The molecule has 1 aromatic carbocycles. The Morgan fingerprint density at radius 2 is 1.84 bits per heavy atom. The molecule has 2 aromatic rings. The first-order chi connectivity index (χ1) is 11.9. The molecule has 0 bridgehead atoms. The molecule has 1 aromatic heterocycles. The van der Waals surface area contributed by atoms with Crippen molar-refractivity contribution in [2.75, 3.05) is 18.8 Å². The van der Waals surface area contributed by atoms with Gasteiger partial charge in [-0.05, 0) is 42.5 Å². The van der Waals surface area contributed by atoms with Crippen LogP contribution < -0.4 is 0 Å². The molecule has 0 spiro atoms. The number of carbonyl (C=O) groups excluding carboxylic acids is 1. The number of hydrogen-bond donors (Lipinski definition) is 0. The Hall–Kier alpha value is -1.89. The summed E-state index contributed by atoms with van der Waals surface area (Å²) in [6, 6.07) is 6.16. The van der Waals surface area contributed by atoms with Gasteiger partial charge in [0.15, 0.2) is 11.0 Å². The number of nitrogens with zero attached hydrogens (tertiary/aromatic N) is 4. The molecular formula is C18H23FN4OS. The lowest BCUT2D eigenvalue weighted by Gasteiger charge is -2.34. The molecule has 0 N–H and O–H groups in total. The largest absolute Gasteiger partial charge is 0.341 e. The van der Waals surface area contributed by atoms with E-state index < -0.39 is 0 Å². The average Bonchev–Trinajstić information content (AvgIpc) is 2.93. The SMILES string of the molecule is C[C@@H]1C[C@@H](C)CN(C(=O)CSc2nnc(-c3ccc(F)cc3)n2C)C1. The molecule has 134 valence electrons. The number of benzene rings is 1. The summed E-state index contributed by atoms with van der Waals surface area (Å²) in [5.41, 5.74) is 0.799. The summed E-state index contributed by atoms with van der Waals surface area (Å²) in [5, 5.41) is 9.03. The standard InChI is InChI=1S/C18H23FN4OS/c1-12-8-13(2)10-23(9-12)16(24)11-25-18-21-20-17(22(18)3)14-4-6-15(19)7-5-14/h4-7,12-13H,8-11H2,1-3H3/t12-,13-/m1/s1. The van der Waals surface area contributed by atoms with E-state index in [9.17, 15) is 9.18 Å². The fourth-order valence-corrected chi connectivity index (χ4v) is 4.19. The summed E-state index contributed by atoms with van der Waals surface area (Å²) in [4.78, 5) is 14.5. The number of carbonyl (C=O) groups is 1. The summed E-state index contributed by atoms with van der Waals surface area (Å²) in [6.07, 6.45) is 1.18. The molecule has 3 rings (SSSR count). The predicted molar refractivity (Wildman–Crippen MR) is 96.6 cm³/mol. The van der Waals surface area contributed by atoms with Gasteiger partial charge in [0.2, 0.25) is 5.91 Å². The fourth-order valence-electron chi connectivity index (χ4n) is 3.38. The van der Waals surface area contributed by atoms with E-state index in [0.717, 1.165) is 18.7 Å². The first kappa shape index (κ1) is 17.9. The Labute approximate surface area is 151 Å². The van der Waals surface area contributed by atoms with Crippen LogP contribution in [-0.4, -0.2) is 44.4 Å². The first-order valence-corrected chi connectivity index (χ1v) is 9.48. The van der Waals surface area contributed by atoms with Crippen molar-refractivity contribution in [3.05, 3.63) is 30.1 Å². The molecular weight excluding hydrogens is 339 g/mol. The second-order valence-corrected chi connectivity index (χ2v) is 7.85. The van der Waals surface area contributed by atoms with Gasteiger partial charge in [-0.1, -0.05) is 25.6 Å². The lowest BCUT2D eigenvalue weighted by atomic mass is 9.92.